The number of halogens is 1. The van der Waals surface area contributed by atoms with Gasteiger partial charge in [-0.3, -0.25) is 4.79 Å². The summed E-state index contributed by atoms with van der Waals surface area (Å²) in [6, 6.07) is 12.7. The molecule has 0 aliphatic rings. The Hall–Kier alpha value is -2.86. The average molecular weight is 400 g/mol. The van der Waals surface area contributed by atoms with Gasteiger partial charge < -0.3 is 14.4 Å². The highest BCUT2D eigenvalue weighted by Gasteiger charge is 2.19. The highest BCUT2D eigenvalue weighted by atomic mass is 35.5. The molecule has 1 atom stereocenters. The van der Waals surface area contributed by atoms with E-state index in [9.17, 15) is 9.90 Å². The van der Waals surface area contributed by atoms with E-state index < -0.39 is 12.0 Å². The van der Waals surface area contributed by atoms with E-state index in [1.165, 1.54) is 0 Å². The van der Waals surface area contributed by atoms with Gasteiger partial charge >= 0.3 is 5.91 Å². The zero-order chi connectivity index (χ0) is 20.3. The molecule has 0 saturated heterocycles. The lowest BCUT2D eigenvalue weighted by Crippen LogP contribution is -2.21. The molecule has 0 aliphatic carbocycles. The number of azo groups is 1. The van der Waals surface area contributed by atoms with Gasteiger partial charge in [-0.15, -0.1) is 10.2 Å². The van der Waals surface area contributed by atoms with Crippen molar-refractivity contribution in [3.8, 4) is 11.6 Å². The Morgan fingerprint density at radius 1 is 1.29 bits per heavy atom. The fraction of sp³-hybridized carbons (Fsp3) is 0.286. The van der Waals surface area contributed by atoms with Crippen molar-refractivity contribution in [3.05, 3.63) is 53.1 Å². The van der Waals surface area contributed by atoms with Crippen LogP contribution in [0.25, 0.3) is 10.9 Å². The summed E-state index contributed by atoms with van der Waals surface area (Å²) in [5, 5.41) is 19.7. The molecule has 6 nitrogen and oxygen atoms in total. The number of carbonyl (C=O) groups is 1. The number of ether oxygens (including phenoxy) is 1. The summed E-state index contributed by atoms with van der Waals surface area (Å²) < 4.78 is 7.45. The Balaban J connectivity index is 1.83. The number of carbonyl (C=O) groups excluding carboxylic acids is 1. The highest BCUT2D eigenvalue weighted by Crippen LogP contribution is 2.39. The molecule has 1 amide bonds. The molecular weight excluding hydrogens is 378 g/mol. The number of amides is 1. The van der Waals surface area contributed by atoms with E-state index in [2.05, 4.69) is 10.2 Å². The minimum atomic E-state index is -0.824. The zero-order valence-electron chi connectivity index (χ0n) is 16.0. The average Bonchev–Trinajstić information content (AvgIpc) is 2.94. The van der Waals surface area contributed by atoms with Crippen molar-refractivity contribution in [1.82, 2.24) is 4.57 Å². The number of nitrogens with zero attached hydrogens (tertiary/aromatic N) is 3. The van der Waals surface area contributed by atoms with Crippen LogP contribution < -0.4 is 4.74 Å². The SMILES string of the molecule is CCCn1c(O)c(N=NC(=O)C(C)Oc2ccc(Cl)cc2C)c2ccccc21. The molecule has 0 spiro atoms. The van der Waals surface area contributed by atoms with Crippen LogP contribution in [0.15, 0.2) is 52.7 Å². The van der Waals surface area contributed by atoms with Gasteiger partial charge in [0.2, 0.25) is 5.88 Å². The van der Waals surface area contributed by atoms with Crippen molar-refractivity contribution in [2.75, 3.05) is 0 Å². The van der Waals surface area contributed by atoms with E-state index in [1.807, 2.05) is 38.1 Å². The Kier molecular flexibility index (Phi) is 5.99. The summed E-state index contributed by atoms with van der Waals surface area (Å²) in [5.41, 5.74) is 1.96. The summed E-state index contributed by atoms with van der Waals surface area (Å²) >= 11 is 5.94. The van der Waals surface area contributed by atoms with Crippen molar-refractivity contribution in [2.45, 2.75) is 39.8 Å². The van der Waals surface area contributed by atoms with Crippen LogP contribution in [0.4, 0.5) is 5.69 Å². The predicted octanol–water partition coefficient (Wildman–Crippen LogP) is 5.80. The molecule has 2 aromatic carbocycles. The first-order valence-corrected chi connectivity index (χ1v) is 9.48. The Morgan fingerprint density at radius 3 is 2.75 bits per heavy atom. The quantitative estimate of drug-likeness (QED) is 0.532. The van der Waals surface area contributed by atoms with Crippen LogP contribution in [0.3, 0.4) is 0 Å². The van der Waals surface area contributed by atoms with Crippen LogP contribution in [0, 0.1) is 6.92 Å². The number of rotatable bonds is 6. The lowest BCUT2D eigenvalue weighted by atomic mass is 10.2. The molecule has 28 heavy (non-hydrogen) atoms. The van der Waals surface area contributed by atoms with Crippen LogP contribution >= 0.6 is 11.6 Å². The lowest BCUT2D eigenvalue weighted by Gasteiger charge is -2.13. The maximum atomic E-state index is 12.4. The maximum absolute atomic E-state index is 12.4. The standard InChI is InChI=1S/C21H22ClN3O3/c1-4-11-25-17-8-6-5-7-16(17)19(21(25)27)23-24-20(26)14(3)28-18-10-9-15(22)12-13(18)2/h5-10,12,14,27H,4,11H2,1-3H3. The zero-order valence-corrected chi connectivity index (χ0v) is 16.8. The Labute approximate surface area is 168 Å². The summed E-state index contributed by atoms with van der Waals surface area (Å²) in [5.74, 6) is 0.0191. The first kappa shape index (κ1) is 19.9. The predicted molar refractivity (Wildman–Crippen MR) is 110 cm³/mol. The molecular formula is C21H22ClN3O3. The van der Waals surface area contributed by atoms with Gasteiger partial charge in [0, 0.05) is 17.0 Å². The van der Waals surface area contributed by atoms with Crippen LogP contribution in [-0.2, 0) is 11.3 Å². The number of para-hydroxylation sites is 1. The molecule has 3 aromatic rings. The summed E-state index contributed by atoms with van der Waals surface area (Å²) in [6.07, 6.45) is 0.0299. The second kappa shape index (κ2) is 8.44. The van der Waals surface area contributed by atoms with Crippen molar-refractivity contribution in [1.29, 1.82) is 0 Å². The van der Waals surface area contributed by atoms with Crippen LogP contribution in [-0.4, -0.2) is 21.7 Å². The van der Waals surface area contributed by atoms with Gasteiger partial charge in [0.15, 0.2) is 11.8 Å². The van der Waals surface area contributed by atoms with E-state index in [4.69, 9.17) is 16.3 Å². The Morgan fingerprint density at radius 2 is 2.04 bits per heavy atom. The minimum Gasteiger partial charge on any atom is -0.493 e. The molecule has 0 bridgehead atoms. The van der Waals surface area contributed by atoms with E-state index in [-0.39, 0.29) is 11.6 Å². The normalized spacial score (nSPS) is 12.6. The summed E-state index contributed by atoms with van der Waals surface area (Å²) in [7, 11) is 0. The number of hydrogen-bond acceptors (Lipinski definition) is 4. The van der Waals surface area contributed by atoms with Gasteiger partial charge in [-0.2, -0.15) is 0 Å². The summed E-state index contributed by atoms with van der Waals surface area (Å²) in [6.45, 7) is 6.12. The molecule has 1 aromatic heterocycles. The fourth-order valence-corrected chi connectivity index (χ4v) is 3.21. The van der Waals surface area contributed by atoms with Gasteiger partial charge in [-0.05, 0) is 50.1 Å². The molecule has 1 heterocycles. The number of aryl methyl sites for hydroxylation is 2. The third-order valence-electron chi connectivity index (χ3n) is 4.40. The van der Waals surface area contributed by atoms with Gasteiger partial charge in [0.05, 0.1) is 5.52 Å². The number of benzene rings is 2. The molecule has 0 aliphatic heterocycles. The van der Waals surface area contributed by atoms with Crippen LogP contribution in [0.2, 0.25) is 5.02 Å². The van der Waals surface area contributed by atoms with Gasteiger partial charge in [0.25, 0.3) is 0 Å². The second-order valence-corrected chi connectivity index (χ2v) is 6.99. The van der Waals surface area contributed by atoms with Gasteiger partial charge in [-0.25, -0.2) is 0 Å². The molecule has 0 saturated carbocycles. The third kappa shape index (κ3) is 4.02. The van der Waals surface area contributed by atoms with Crippen molar-refractivity contribution in [2.24, 2.45) is 10.2 Å². The maximum Gasteiger partial charge on any atom is 0.304 e. The van der Waals surface area contributed by atoms with E-state index in [0.29, 0.717) is 17.3 Å². The molecule has 1 unspecified atom stereocenters. The van der Waals surface area contributed by atoms with Crippen LogP contribution in [0.5, 0.6) is 11.6 Å². The Bertz CT molecular complexity index is 1040. The molecule has 1 N–H and O–H groups in total. The molecule has 146 valence electrons. The fourth-order valence-electron chi connectivity index (χ4n) is 2.99. The van der Waals surface area contributed by atoms with Crippen LogP contribution in [0.1, 0.15) is 25.8 Å². The van der Waals surface area contributed by atoms with Crippen molar-refractivity contribution < 1.29 is 14.6 Å². The van der Waals surface area contributed by atoms with Gasteiger partial charge in [-0.1, -0.05) is 36.7 Å². The van der Waals surface area contributed by atoms with E-state index >= 15 is 0 Å². The largest absolute Gasteiger partial charge is 0.493 e. The third-order valence-corrected chi connectivity index (χ3v) is 4.64. The van der Waals surface area contributed by atoms with Gasteiger partial charge in [0.1, 0.15) is 5.75 Å². The topological polar surface area (TPSA) is 76.2 Å². The molecule has 3 rings (SSSR count). The first-order chi connectivity index (χ1) is 13.4. The first-order valence-electron chi connectivity index (χ1n) is 9.11. The van der Waals surface area contributed by atoms with Crippen molar-refractivity contribution >= 4 is 34.1 Å². The number of aromatic hydroxyl groups is 1. The second-order valence-electron chi connectivity index (χ2n) is 6.55. The van der Waals surface area contributed by atoms with E-state index in [1.54, 1.807) is 29.7 Å². The number of fused-ring (bicyclic) bond motifs is 1. The lowest BCUT2D eigenvalue weighted by molar-refractivity contribution is -0.124. The molecule has 0 fully saturated rings. The summed E-state index contributed by atoms with van der Waals surface area (Å²) in [4.78, 5) is 12.4. The smallest absolute Gasteiger partial charge is 0.304 e. The highest BCUT2D eigenvalue weighted by molar-refractivity contribution is 6.30. The monoisotopic (exact) mass is 399 g/mol. The molecule has 7 heteroatoms. The minimum absolute atomic E-state index is 0.00159. The number of aromatic nitrogens is 1. The van der Waals surface area contributed by atoms with Crippen molar-refractivity contribution in [3.63, 3.8) is 0 Å². The number of hydrogen-bond donors (Lipinski definition) is 1. The van der Waals surface area contributed by atoms with E-state index in [0.717, 1.165) is 22.9 Å². The molecule has 0 radical (unpaired) electrons.